The Bertz CT molecular complexity index is 653. The molecule has 0 heterocycles. The summed E-state index contributed by atoms with van der Waals surface area (Å²) in [5, 5.41) is 6.45. The molecule has 0 fully saturated rings. The molecule has 2 N–H and O–H groups in total. The van der Waals surface area contributed by atoms with Crippen LogP contribution in [0.1, 0.15) is 35.7 Å². The summed E-state index contributed by atoms with van der Waals surface area (Å²) in [7, 11) is 1.78. The number of halogens is 1. The monoisotopic (exact) mass is 302 g/mol. The van der Waals surface area contributed by atoms with Gasteiger partial charge in [-0.3, -0.25) is 4.79 Å². The van der Waals surface area contributed by atoms with Crippen LogP contribution in [0.25, 0.3) is 0 Å². The van der Waals surface area contributed by atoms with Crippen LogP contribution >= 0.6 is 11.6 Å². The predicted octanol–water partition coefficient (Wildman–Crippen LogP) is 4.76. The van der Waals surface area contributed by atoms with E-state index in [1.165, 1.54) is 5.56 Å². The van der Waals surface area contributed by atoms with Gasteiger partial charge in [0, 0.05) is 23.4 Å². The largest absolute Gasteiger partial charge is 0.387 e. The van der Waals surface area contributed by atoms with E-state index in [0.29, 0.717) is 16.5 Å². The summed E-state index contributed by atoms with van der Waals surface area (Å²) in [6, 6.07) is 13.1. The fraction of sp³-hybridized carbons (Fsp3) is 0.235. The van der Waals surface area contributed by atoms with Crippen LogP contribution in [-0.4, -0.2) is 13.0 Å². The molecule has 0 radical (unpaired) electrons. The van der Waals surface area contributed by atoms with Gasteiger partial charge in [0.05, 0.1) is 5.56 Å². The van der Waals surface area contributed by atoms with Gasteiger partial charge in [-0.05, 0) is 41.8 Å². The average Bonchev–Trinajstić information content (AvgIpc) is 2.47. The lowest BCUT2D eigenvalue weighted by molar-refractivity contribution is 0.102. The van der Waals surface area contributed by atoms with Crippen LogP contribution in [0.2, 0.25) is 5.02 Å². The molecule has 1 amide bonds. The summed E-state index contributed by atoms with van der Waals surface area (Å²) in [5.41, 5.74) is 3.25. The van der Waals surface area contributed by atoms with Gasteiger partial charge < -0.3 is 10.6 Å². The van der Waals surface area contributed by atoms with Crippen molar-refractivity contribution in [1.29, 1.82) is 0 Å². The molecule has 0 aliphatic heterocycles. The third-order valence-electron chi connectivity index (χ3n) is 3.31. The molecule has 2 aromatic carbocycles. The number of hydrogen-bond donors (Lipinski definition) is 2. The van der Waals surface area contributed by atoms with Gasteiger partial charge in [0.2, 0.25) is 0 Å². The van der Waals surface area contributed by atoms with Crippen molar-refractivity contribution in [3.05, 3.63) is 58.6 Å². The summed E-state index contributed by atoms with van der Waals surface area (Å²) >= 11 is 5.98. The van der Waals surface area contributed by atoms with Crippen molar-refractivity contribution in [2.24, 2.45) is 0 Å². The van der Waals surface area contributed by atoms with Crippen LogP contribution in [-0.2, 0) is 0 Å². The molecular formula is C17H19ClN2O. The van der Waals surface area contributed by atoms with Gasteiger partial charge >= 0.3 is 0 Å². The van der Waals surface area contributed by atoms with Crippen molar-refractivity contribution < 1.29 is 4.79 Å². The van der Waals surface area contributed by atoms with Gasteiger partial charge in [-0.15, -0.1) is 0 Å². The maximum Gasteiger partial charge on any atom is 0.257 e. The average molecular weight is 303 g/mol. The quantitative estimate of drug-likeness (QED) is 0.855. The second kappa shape index (κ2) is 6.64. The van der Waals surface area contributed by atoms with Crippen molar-refractivity contribution >= 4 is 28.9 Å². The van der Waals surface area contributed by atoms with Crippen molar-refractivity contribution in [2.75, 3.05) is 17.7 Å². The van der Waals surface area contributed by atoms with Gasteiger partial charge in [-0.1, -0.05) is 37.6 Å². The van der Waals surface area contributed by atoms with E-state index in [1.807, 2.05) is 18.2 Å². The van der Waals surface area contributed by atoms with E-state index < -0.39 is 0 Å². The van der Waals surface area contributed by atoms with Crippen molar-refractivity contribution in [2.45, 2.75) is 19.8 Å². The predicted molar refractivity (Wildman–Crippen MR) is 89.5 cm³/mol. The molecule has 3 nitrogen and oxygen atoms in total. The van der Waals surface area contributed by atoms with Crippen molar-refractivity contribution in [1.82, 2.24) is 0 Å². The summed E-state index contributed by atoms with van der Waals surface area (Å²) in [5.74, 6) is 0.239. The zero-order valence-corrected chi connectivity index (χ0v) is 13.2. The zero-order chi connectivity index (χ0) is 15.4. The third-order valence-corrected chi connectivity index (χ3v) is 3.54. The minimum atomic E-state index is -0.178. The third kappa shape index (κ3) is 3.76. The first-order valence-electron chi connectivity index (χ1n) is 6.90. The van der Waals surface area contributed by atoms with E-state index >= 15 is 0 Å². The number of amides is 1. The lowest BCUT2D eigenvalue weighted by atomic mass is 10.0. The number of benzene rings is 2. The van der Waals surface area contributed by atoms with Gasteiger partial charge in [0.15, 0.2) is 0 Å². The van der Waals surface area contributed by atoms with Gasteiger partial charge in [-0.2, -0.15) is 0 Å². The zero-order valence-electron chi connectivity index (χ0n) is 12.4. The van der Waals surface area contributed by atoms with Crippen molar-refractivity contribution in [3.8, 4) is 0 Å². The maximum absolute atomic E-state index is 12.4. The summed E-state index contributed by atoms with van der Waals surface area (Å²) in [6.45, 7) is 4.24. The van der Waals surface area contributed by atoms with E-state index in [0.717, 1.165) is 11.4 Å². The topological polar surface area (TPSA) is 41.1 Å². The molecule has 4 heteroatoms. The van der Waals surface area contributed by atoms with Gasteiger partial charge in [0.25, 0.3) is 5.91 Å². The number of nitrogens with one attached hydrogen (secondary N) is 2. The Hall–Kier alpha value is -2.00. The smallest absolute Gasteiger partial charge is 0.257 e. The number of carbonyl (C=O) groups is 1. The fourth-order valence-corrected chi connectivity index (χ4v) is 2.27. The number of carbonyl (C=O) groups excluding carboxylic acids is 1. The molecular weight excluding hydrogens is 284 g/mol. The van der Waals surface area contributed by atoms with Crippen LogP contribution in [0.15, 0.2) is 42.5 Å². The number of anilines is 2. The fourth-order valence-electron chi connectivity index (χ4n) is 2.10. The molecule has 0 unspecified atom stereocenters. The first-order valence-corrected chi connectivity index (χ1v) is 7.27. The Morgan fingerprint density at radius 2 is 1.90 bits per heavy atom. The SMILES string of the molecule is CNc1ccc(Cl)cc1C(=O)Nc1cccc(C(C)C)c1. The van der Waals surface area contributed by atoms with Crippen LogP contribution in [0, 0.1) is 0 Å². The van der Waals surface area contributed by atoms with Crippen LogP contribution < -0.4 is 10.6 Å². The molecule has 2 aromatic rings. The second-order valence-corrected chi connectivity index (χ2v) is 5.61. The van der Waals surface area contributed by atoms with E-state index in [9.17, 15) is 4.79 Å². The highest BCUT2D eigenvalue weighted by Crippen LogP contribution is 2.23. The van der Waals surface area contributed by atoms with E-state index in [1.54, 1.807) is 25.2 Å². The lowest BCUT2D eigenvalue weighted by Gasteiger charge is -2.12. The highest BCUT2D eigenvalue weighted by molar-refractivity contribution is 6.31. The normalized spacial score (nSPS) is 10.5. The van der Waals surface area contributed by atoms with E-state index in [2.05, 4.69) is 30.5 Å². The molecule has 0 bridgehead atoms. The van der Waals surface area contributed by atoms with E-state index in [4.69, 9.17) is 11.6 Å². The first kappa shape index (κ1) is 15.4. The molecule has 0 saturated heterocycles. The van der Waals surface area contributed by atoms with Crippen molar-refractivity contribution in [3.63, 3.8) is 0 Å². The summed E-state index contributed by atoms with van der Waals surface area (Å²) < 4.78 is 0. The lowest BCUT2D eigenvalue weighted by Crippen LogP contribution is -2.14. The molecule has 0 atom stereocenters. The summed E-state index contributed by atoms with van der Waals surface area (Å²) in [4.78, 5) is 12.4. The van der Waals surface area contributed by atoms with Gasteiger partial charge in [0.1, 0.15) is 0 Å². The van der Waals surface area contributed by atoms with Crippen LogP contribution in [0.5, 0.6) is 0 Å². The molecule has 2 rings (SSSR count). The number of rotatable bonds is 4. The van der Waals surface area contributed by atoms with E-state index in [-0.39, 0.29) is 5.91 Å². The molecule has 0 aromatic heterocycles. The van der Waals surface area contributed by atoms with Crippen LogP contribution in [0.4, 0.5) is 11.4 Å². The Labute approximate surface area is 130 Å². The Morgan fingerprint density at radius 3 is 2.57 bits per heavy atom. The standard InChI is InChI=1S/C17H19ClN2O/c1-11(2)12-5-4-6-14(9-12)20-17(21)15-10-13(18)7-8-16(15)19-3/h4-11,19H,1-3H3,(H,20,21). The van der Waals surface area contributed by atoms with Gasteiger partial charge in [-0.25, -0.2) is 0 Å². The molecule has 0 saturated carbocycles. The Balaban J connectivity index is 2.26. The Morgan fingerprint density at radius 1 is 1.14 bits per heavy atom. The highest BCUT2D eigenvalue weighted by atomic mass is 35.5. The molecule has 0 aliphatic carbocycles. The number of hydrogen-bond acceptors (Lipinski definition) is 2. The second-order valence-electron chi connectivity index (χ2n) is 5.17. The minimum Gasteiger partial charge on any atom is -0.387 e. The van der Waals surface area contributed by atoms with Crippen LogP contribution in [0.3, 0.4) is 0 Å². The molecule has 0 spiro atoms. The maximum atomic E-state index is 12.4. The molecule has 0 aliphatic rings. The highest BCUT2D eigenvalue weighted by Gasteiger charge is 2.12. The molecule has 110 valence electrons. The first-order chi connectivity index (χ1) is 10.0. The summed E-state index contributed by atoms with van der Waals surface area (Å²) in [6.07, 6.45) is 0. The minimum absolute atomic E-state index is 0.178. The molecule has 21 heavy (non-hydrogen) atoms. The Kier molecular flexibility index (Phi) is 4.86.